The molecule has 60 valence electrons. The molecule has 0 amide bonds. The van der Waals surface area contributed by atoms with Crippen LogP contribution in [-0.2, 0) is 6.42 Å². The van der Waals surface area contributed by atoms with Crippen molar-refractivity contribution in [3.8, 4) is 0 Å². The van der Waals surface area contributed by atoms with Gasteiger partial charge in [-0.25, -0.2) is 0 Å². The summed E-state index contributed by atoms with van der Waals surface area (Å²) in [6.07, 6.45) is 3.34. The quantitative estimate of drug-likeness (QED) is 0.757. The highest BCUT2D eigenvalue weighted by atomic mass is 35.5. The first-order chi connectivity index (χ1) is 5.18. The number of halogens is 1. The average molecular weight is 188 g/mol. The van der Waals surface area contributed by atoms with Crippen LogP contribution < -0.4 is 5.73 Å². The zero-order chi connectivity index (χ0) is 7.90. The van der Waals surface area contributed by atoms with Gasteiger partial charge >= 0.3 is 0 Å². The van der Waals surface area contributed by atoms with E-state index in [0.717, 1.165) is 11.4 Å². The van der Waals surface area contributed by atoms with E-state index in [2.05, 4.69) is 0 Å². The molecule has 0 unspecified atom stereocenters. The Morgan fingerprint density at radius 3 is 2.82 bits per heavy atom. The van der Waals surface area contributed by atoms with Gasteiger partial charge in [0.1, 0.15) is 0 Å². The zero-order valence-corrected chi connectivity index (χ0v) is 7.71. The predicted molar refractivity (Wildman–Crippen MR) is 49.2 cm³/mol. The van der Waals surface area contributed by atoms with E-state index in [-0.39, 0.29) is 5.54 Å². The van der Waals surface area contributed by atoms with Crippen molar-refractivity contribution in [2.24, 2.45) is 5.73 Å². The number of nitrogens with two attached hydrogens (primary N) is 1. The van der Waals surface area contributed by atoms with Crippen LogP contribution in [0.3, 0.4) is 0 Å². The Hall–Kier alpha value is -0.0500. The SMILES string of the molecule is NC1(Cc2cc(Cl)cs2)CC1. The minimum absolute atomic E-state index is 0.119. The van der Waals surface area contributed by atoms with Gasteiger partial charge in [-0.05, 0) is 25.3 Å². The van der Waals surface area contributed by atoms with Gasteiger partial charge in [0.2, 0.25) is 0 Å². The number of hydrogen-bond donors (Lipinski definition) is 1. The Morgan fingerprint density at radius 2 is 2.36 bits per heavy atom. The zero-order valence-electron chi connectivity index (χ0n) is 6.14. The van der Waals surface area contributed by atoms with Gasteiger partial charge in [0.25, 0.3) is 0 Å². The molecule has 2 N–H and O–H groups in total. The highest BCUT2D eigenvalue weighted by Crippen LogP contribution is 2.37. The lowest BCUT2D eigenvalue weighted by molar-refractivity contribution is 0.679. The topological polar surface area (TPSA) is 26.0 Å². The van der Waals surface area contributed by atoms with Gasteiger partial charge in [-0.15, -0.1) is 11.3 Å². The molecule has 1 aliphatic rings. The largest absolute Gasteiger partial charge is 0.325 e. The van der Waals surface area contributed by atoms with Gasteiger partial charge in [-0.3, -0.25) is 0 Å². The Labute approximate surface area is 75.2 Å². The van der Waals surface area contributed by atoms with Gasteiger partial charge in [0.15, 0.2) is 0 Å². The molecule has 0 aliphatic heterocycles. The molecule has 1 fully saturated rings. The number of hydrogen-bond acceptors (Lipinski definition) is 2. The molecule has 0 radical (unpaired) electrons. The van der Waals surface area contributed by atoms with Crippen LogP contribution in [0.2, 0.25) is 5.02 Å². The van der Waals surface area contributed by atoms with Crippen molar-refractivity contribution < 1.29 is 0 Å². The fraction of sp³-hybridized carbons (Fsp3) is 0.500. The summed E-state index contributed by atoms with van der Waals surface area (Å²) >= 11 is 7.48. The second-order valence-corrected chi connectivity index (χ2v) is 4.70. The molecule has 11 heavy (non-hydrogen) atoms. The molecule has 1 aromatic rings. The van der Waals surface area contributed by atoms with Crippen molar-refractivity contribution in [3.05, 3.63) is 21.3 Å². The molecule has 2 rings (SSSR count). The fourth-order valence-corrected chi connectivity index (χ4v) is 2.36. The molecule has 1 saturated carbocycles. The lowest BCUT2D eigenvalue weighted by Gasteiger charge is -2.04. The van der Waals surface area contributed by atoms with Crippen molar-refractivity contribution in [1.29, 1.82) is 0 Å². The Morgan fingerprint density at radius 1 is 1.64 bits per heavy atom. The Balaban J connectivity index is 2.06. The van der Waals surface area contributed by atoms with Gasteiger partial charge in [-0.1, -0.05) is 11.6 Å². The van der Waals surface area contributed by atoms with Crippen LogP contribution in [0.15, 0.2) is 11.4 Å². The minimum Gasteiger partial charge on any atom is -0.325 e. The molecule has 1 nitrogen and oxygen atoms in total. The maximum absolute atomic E-state index is 5.95. The molecule has 1 aromatic heterocycles. The summed E-state index contributed by atoms with van der Waals surface area (Å²) in [6.45, 7) is 0. The van der Waals surface area contributed by atoms with E-state index in [1.165, 1.54) is 17.7 Å². The van der Waals surface area contributed by atoms with Crippen LogP contribution in [0, 0.1) is 0 Å². The van der Waals surface area contributed by atoms with Crippen LogP contribution in [0.5, 0.6) is 0 Å². The van der Waals surface area contributed by atoms with Crippen LogP contribution in [0.25, 0.3) is 0 Å². The third-order valence-electron chi connectivity index (χ3n) is 2.04. The van der Waals surface area contributed by atoms with E-state index in [0.29, 0.717) is 0 Å². The molecular weight excluding hydrogens is 178 g/mol. The minimum atomic E-state index is 0.119. The molecule has 0 bridgehead atoms. The second-order valence-electron chi connectivity index (χ2n) is 3.27. The molecule has 0 saturated heterocycles. The summed E-state index contributed by atoms with van der Waals surface area (Å²) in [6, 6.07) is 2.01. The lowest BCUT2D eigenvalue weighted by atomic mass is 10.2. The van der Waals surface area contributed by atoms with Gasteiger partial charge in [0.05, 0.1) is 5.02 Å². The maximum Gasteiger partial charge on any atom is 0.0515 e. The van der Waals surface area contributed by atoms with E-state index in [9.17, 15) is 0 Å². The fourth-order valence-electron chi connectivity index (χ4n) is 1.13. The van der Waals surface area contributed by atoms with Gasteiger partial charge < -0.3 is 5.73 Å². The first-order valence-corrected chi connectivity index (χ1v) is 4.96. The van der Waals surface area contributed by atoms with Crippen LogP contribution in [0.4, 0.5) is 0 Å². The van der Waals surface area contributed by atoms with Crippen molar-refractivity contribution >= 4 is 22.9 Å². The van der Waals surface area contributed by atoms with Gasteiger partial charge in [-0.2, -0.15) is 0 Å². The van der Waals surface area contributed by atoms with E-state index in [1.807, 2.05) is 11.4 Å². The molecular formula is C8H10ClNS. The van der Waals surface area contributed by atoms with Crippen molar-refractivity contribution in [2.45, 2.75) is 24.8 Å². The molecule has 0 atom stereocenters. The summed E-state index contributed by atoms with van der Waals surface area (Å²) in [7, 11) is 0. The molecule has 3 heteroatoms. The third kappa shape index (κ3) is 1.75. The van der Waals surface area contributed by atoms with Crippen molar-refractivity contribution in [2.75, 3.05) is 0 Å². The van der Waals surface area contributed by atoms with E-state index >= 15 is 0 Å². The van der Waals surface area contributed by atoms with Crippen molar-refractivity contribution in [3.63, 3.8) is 0 Å². The number of thiophene rings is 1. The van der Waals surface area contributed by atoms with E-state index in [1.54, 1.807) is 11.3 Å². The molecule has 1 heterocycles. The lowest BCUT2D eigenvalue weighted by Crippen LogP contribution is -2.23. The maximum atomic E-state index is 5.95. The van der Waals surface area contributed by atoms with Crippen LogP contribution in [-0.4, -0.2) is 5.54 Å². The second kappa shape index (κ2) is 2.47. The first kappa shape index (κ1) is 7.59. The standard InChI is InChI=1S/C8H10ClNS/c9-6-3-7(11-5-6)4-8(10)1-2-8/h3,5H,1-2,4,10H2. The summed E-state index contributed by atoms with van der Waals surface area (Å²) in [4.78, 5) is 1.31. The smallest absolute Gasteiger partial charge is 0.0515 e. The van der Waals surface area contributed by atoms with Gasteiger partial charge in [0, 0.05) is 15.8 Å². The van der Waals surface area contributed by atoms with Crippen LogP contribution in [0.1, 0.15) is 17.7 Å². The van der Waals surface area contributed by atoms with E-state index in [4.69, 9.17) is 17.3 Å². The molecule has 0 spiro atoms. The Kier molecular flexibility index (Phi) is 1.71. The summed E-state index contributed by atoms with van der Waals surface area (Å²) in [5, 5.41) is 2.80. The molecule has 0 aromatic carbocycles. The molecule has 1 aliphatic carbocycles. The highest BCUT2D eigenvalue weighted by molar-refractivity contribution is 7.10. The van der Waals surface area contributed by atoms with Crippen molar-refractivity contribution in [1.82, 2.24) is 0 Å². The first-order valence-electron chi connectivity index (χ1n) is 3.70. The summed E-state index contributed by atoms with van der Waals surface area (Å²) in [5.74, 6) is 0. The van der Waals surface area contributed by atoms with Crippen LogP contribution >= 0.6 is 22.9 Å². The third-order valence-corrected chi connectivity index (χ3v) is 3.32. The predicted octanol–water partition coefficient (Wildman–Crippen LogP) is 2.44. The monoisotopic (exact) mass is 187 g/mol. The Bertz CT molecular complexity index is 265. The summed E-state index contributed by atoms with van der Waals surface area (Å²) in [5.41, 5.74) is 6.07. The summed E-state index contributed by atoms with van der Waals surface area (Å²) < 4.78 is 0. The average Bonchev–Trinajstić information content (AvgIpc) is 2.49. The number of rotatable bonds is 2. The van der Waals surface area contributed by atoms with E-state index < -0.39 is 0 Å². The normalized spacial score (nSPS) is 20.2. The highest BCUT2D eigenvalue weighted by Gasteiger charge is 2.38.